The van der Waals surface area contributed by atoms with Gasteiger partial charge in [-0.15, -0.1) is 0 Å². The fourth-order valence-electron chi connectivity index (χ4n) is 2.36. The highest BCUT2D eigenvalue weighted by atomic mass is 35.5. The van der Waals surface area contributed by atoms with E-state index in [2.05, 4.69) is 9.97 Å². The molecule has 1 aromatic heterocycles. The van der Waals surface area contributed by atoms with E-state index in [4.69, 9.17) is 16.3 Å². The highest BCUT2D eigenvalue weighted by molar-refractivity contribution is 6.30. The summed E-state index contributed by atoms with van der Waals surface area (Å²) in [5, 5.41) is 0.514. The van der Waals surface area contributed by atoms with E-state index in [1.54, 1.807) is 0 Å². The molecule has 1 aromatic rings. The van der Waals surface area contributed by atoms with E-state index >= 15 is 0 Å². The summed E-state index contributed by atoms with van der Waals surface area (Å²) in [4.78, 5) is 8.64. The molecule has 1 aliphatic carbocycles. The predicted molar refractivity (Wildman–Crippen MR) is 73.2 cm³/mol. The van der Waals surface area contributed by atoms with Gasteiger partial charge in [0.25, 0.3) is 0 Å². The van der Waals surface area contributed by atoms with E-state index in [9.17, 15) is 0 Å². The summed E-state index contributed by atoms with van der Waals surface area (Å²) in [6, 6.07) is 0. The quantitative estimate of drug-likeness (QED) is 0.776. The Hall–Kier alpha value is -0.830. The third-order valence-corrected chi connectivity index (χ3v) is 3.95. The number of halogens is 1. The fourth-order valence-corrected chi connectivity index (χ4v) is 2.54. The fraction of sp³-hybridized carbons (Fsp3) is 0.714. The average Bonchev–Trinajstić information content (AvgIpc) is 2.41. The molecule has 18 heavy (non-hydrogen) atoms. The van der Waals surface area contributed by atoms with Crippen molar-refractivity contribution in [3.63, 3.8) is 0 Å². The molecule has 0 atom stereocenters. The van der Waals surface area contributed by atoms with Crippen LogP contribution in [0.4, 0.5) is 0 Å². The summed E-state index contributed by atoms with van der Waals surface area (Å²) in [5.41, 5.74) is 0.852. The Morgan fingerprint density at radius 3 is 2.61 bits per heavy atom. The Labute approximate surface area is 114 Å². The third-order valence-electron chi connectivity index (χ3n) is 3.58. The van der Waals surface area contributed by atoms with Crippen LogP contribution < -0.4 is 4.74 Å². The van der Waals surface area contributed by atoms with E-state index < -0.39 is 0 Å². The van der Waals surface area contributed by atoms with Crippen molar-refractivity contribution in [1.82, 2.24) is 9.97 Å². The number of aromatic nitrogens is 2. The van der Waals surface area contributed by atoms with Crippen LogP contribution in [0.25, 0.3) is 0 Å². The zero-order valence-electron chi connectivity index (χ0n) is 11.2. The molecular weight excluding hydrogens is 248 g/mol. The van der Waals surface area contributed by atoms with Crippen molar-refractivity contribution in [2.45, 2.75) is 52.4 Å². The molecule has 1 heterocycles. The molecule has 0 N–H and O–H groups in total. The lowest BCUT2D eigenvalue weighted by molar-refractivity contribution is 0.201. The van der Waals surface area contributed by atoms with Gasteiger partial charge in [-0.25, -0.2) is 4.98 Å². The molecule has 0 aliphatic heterocycles. The van der Waals surface area contributed by atoms with Gasteiger partial charge in [0.05, 0.1) is 6.61 Å². The highest BCUT2D eigenvalue weighted by Gasteiger charge is 2.16. The largest absolute Gasteiger partial charge is 0.477 e. The second-order valence-electron chi connectivity index (χ2n) is 5.03. The maximum absolute atomic E-state index is 6.09. The Kier molecular flexibility index (Phi) is 4.81. The molecule has 0 unspecified atom stereocenters. The van der Waals surface area contributed by atoms with Crippen molar-refractivity contribution in [2.24, 2.45) is 5.92 Å². The summed E-state index contributed by atoms with van der Waals surface area (Å²) >= 11 is 6.09. The minimum absolute atomic E-state index is 0.514. The van der Waals surface area contributed by atoms with Crippen molar-refractivity contribution in [1.29, 1.82) is 0 Å². The van der Waals surface area contributed by atoms with Crippen LogP contribution in [0.15, 0.2) is 0 Å². The lowest BCUT2D eigenvalue weighted by atomic mass is 9.90. The summed E-state index contributed by atoms with van der Waals surface area (Å²) in [6.45, 7) is 4.70. The van der Waals surface area contributed by atoms with Gasteiger partial charge in [0, 0.05) is 12.0 Å². The van der Waals surface area contributed by atoms with Crippen LogP contribution in [0.3, 0.4) is 0 Å². The molecule has 100 valence electrons. The second kappa shape index (κ2) is 6.37. The first-order chi connectivity index (χ1) is 8.70. The molecule has 0 bridgehead atoms. The molecule has 4 heteroatoms. The van der Waals surface area contributed by atoms with Gasteiger partial charge in [-0.05, 0) is 25.7 Å². The van der Waals surface area contributed by atoms with Gasteiger partial charge in [-0.2, -0.15) is 4.98 Å². The Bertz CT molecular complexity index is 403. The molecule has 0 amide bonds. The Balaban J connectivity index is 2.01. The lowest BCUT2D eigenvalue weighted by Gasteiger charge is -2.21. The summed E-state index contributed by atoms with van der Waals surface area (Å²) in [6.07, 6.45) is 7.36. The van der Waals surface area contributed by atoms with Crippen molar-refractivity contribution in [3.8, 4) is 5.88 Å². The van der Waals surface area contributed by atoms with Crippen LogP contribution in [0.2, 0.25) is 5.15 Å². The zero-order chi connectivity index (χ0) is 13.0. The van der Waals surface area contributed by atoms with Crippen molar-refractivity contribution < 1.29 is 4.74 Å². The summed E-state index contributed by atoms with van der Waals surface area (Å²) in [5.74, 6) is 2.10. The van der Waals surface area contributed by atoms with E-state index in [0.29, 0.717) is 17.0 Å². The van der Waals surface area contributed by atoms with Crippen LogP contribution in [0.1, 0.15) is 50.4 Å². The lowest BCUT2D eigenvalue weighted by Crippen LogP contribution is -2.16. The molecule has 2 rings (SSSR count). The first kappa shape index (κ1) is 13.6. The SMILES string of the molecule is CCc1nc(Cl)c(C)c(OCC2CCCCC2)n1. The molecule has 1 saturated carbocycles. The molecule has 1 aliphatic rings. The van der Waals surface area contributed by atoms with E-state index in [0.717, 1.165) is 24.4 Å². The minimum atomic E-state index is 0.514. The van der Waals surface area contributed by atoms with Crippen molar-refractivity contribution in [2.75, 3.05) is 6.61 Å². The number of rotatable bonds is 4. The minimum Gasteiger partial charge on any atom is -0.477 e. The standard InChI is InChI=1S/C14H21ClN2O/c1-3-12-16-13(15)10(2)14(17-12)18-9-11-7-5-4-6-8-11/h11H,3-9H2,1-2H3. The van der Waals surface area contributed by atoms with Crippen LogP contribution in [0, 0.1) is 12.8 Å². The molecular formula is C14H21ClN2O. The van der Waals surface area contributed by atoms with Crippen molar-refractivity contribution in [3.05, 3.63) is 16.5 Å². The number of ether oxygens (including phenoxy) is 1. The van der Waals surface area contributed by atoms with Gasteiger partial charge in [0.15, 0.2) is 0 Å². The van der Waals surface area contributed by atoms with E-state index in [1.165, 1.54) is 32.1 Å². The molecule has 0 radical (unpaired) electrons. The summed E-state index contributed by atoms with van der Waals surface area (Å²) < 4.78 is 5.86. The predicted octanol–water partition coefficient (Wildman–Crippen LogP) is 3.96. The van der Waals surface area contributed by atoms with Gasteiger partial charge in [-0.3, -0.25) is 0 Å². The van der Waals surface area contributed by atoms with Gasteiger partial charge >= 0.3 is 0 Å². The number of nitrogens with zero attached hydrogens (tertiary/aromatic N) is 2. The average molecular weight is 269 g/mol. The van der Waals surface area contributed by atoms with Gasteiger partial charge in [0.2, 0.25) is 5.88 Å². The number of aryl methyl sites for hydroxylation is 1. The number of hydrogen-bond donors (Lipinski definition) is 0. The monoisotopic (exact) mass is 268 g/mol. The van der Waals surface area contributed by atoms with E-state index in [1.807, 2.05) is 13.8 Å². The normalized spacial score (nSPS) is 16.8. The maximum atomic E-state index is 6.09. The first-order valence-corrected chi connectivity index (χ1v) is 7.24. The highest BCUT2D eigenvalue weighted by Crippen LogP contribution is 2.26. The van der Waals surface area contributed by atoms with Crippen LogP contribution in [0.5, 0.6) is 5.88 Å². The molecule has 1 fully saturated rings. The maximum Gasteiger partial charge on any atom is 0.221 e. The zero-order valence-corrected chi connectivity index (χ0v) is 12.0. The van der Waals surface area contributed by atoms with Gasteiger partial charge in [-0.1, -0.05) is 37.8 Å². The Morgan fingerprint density at radius 1 is 1.22 bits per heavy atom. The van der Waals surface area contributed by atoms with Gasteiger partial charge in [0.1, 0.15) is 11.0 Å². The smallest absolute Gasteiger partial charge is 0.221 e. The van der Waals surface area contributed by atoms with Crippen LogP contribution in [-0.4, -0.2) is 16.6 Å². The van der Waals surface area contributed by atoms with Gasteiger partial charge < -0.3 is 4.74 Å². The topological polar surface area (TPSA) is 35.0 Å². The molecule has 0 spiro atoms. The molecule has 0 saturated heterocycles. The van der Waals surface area contributed by atoms with Crippen LogP contribution in [-0.2, 0) is 6.42 Å². The second-order valence-corrected chi connectivity index (χ2v) is 5.39. The number of hydrogen-bond acceptors (Lipinski definition) is 3. The summed E-state index contributed by atoms with van der Waals surface area (Å²) in [7, 11) is 0. The van der Waals surface area contributed by atoms with Crippen LogP contribution >= 0.6 is 11.6 Å². The first-order valence-electron chi connectivity index (χ1n) is 6.86. The third kappa shape index (κ3) is 3.35. The van der Waals surface area contributed by atoms with Crippen molar-refractivity contribution >= 4 is 11.6 Å². The van der Waals surface area contributed by atoms with E-state index in [-0.39, 0.29) is 0 Å². The molecule has 0 aromatic carbocycles. The molecule has 3 nitrogen and oxygen atoms in total. The Morgan fingerprint density at radius 2 is 1.94 bits per heavy atom.